The Morgan fingerprint density at radius 2 is 2.00 bits per heavy atom. The van der Waals surface area contributed by atoms with Crippen molar-refractivity contribution in [3.05, 3.63) is 46.2 Å². The molecule has 5 heteroatoms. The lowest BCUT2D eigenvalue weighted by molar-refractivity contribution is 0.0910. The third-order valence-electron chi connectivity index (χ3n) is 3.95. The van der Waals surface area contributed by atoms with Gasteiger partial charge in [0.15, 0.2) is 0 Å². The summed E-state index contributed by atoms with van der Waals surface area (Å²) in [4.78, 5) is 12.4. The van der Waals surface area contributed by atoms with Gasteiger partial charge in [-0.1, -0.05) is 37.6 Å². The minimum Gasteiger partial charge on any atom is -0.375 e. The van der Waals surface area contributed by atoms with Crippen LogP contribution in [-0.2, 0) is 6.42 Å². The molecule has 0 spiro atoms. The first-order valence-corrected chi connectivity index (χ1v) is 8.34. The van der Waals surface area contributed by atoms with E-state index in [1.165, 1.54) is 10.2 Å². The van der Waals surface area contributed by atoms with Gasteiger partial charge in [-0.2, -0.15) is 5.10 Å². The van der Waals surface area contributed by atoms with Gasteiger partial charge in [0.2, 0.25) is 0 Å². The standard InChI is InChI=1S/C18H24ClN3O/c1-12(2)9-10-15-13(3)21-22(14(15)4)18(23)11-20-17-8-6-5-7-16(17)19/h5-8,12,20H,9-11H2,1-4H3. The monoisotopic (exact) mass is 333 g/mol. The molecule has 1 N–H and O–H groups in total. The predicted molar refractivity (Wildman–Crippen MR) is 95.4 cm³/mol. The predicted octanol–water partition coefficient (Wildman–Crippen LogP) is 4.49. The van der Waals surface area contributed by atoms with Gasteiger partial charge in [-0.25, -0.2) is 4.68 Å². The van der Waals surface area contributed by atoms with Gasteiger partial charge >= 0.3 is 0 Å². The molecule has 0 aliphatic carbocycles. The van der Waals surface area contributed by atoms with E-state index in [0.717, 1.165) is 29.9 Å². The average Bonchev–Trinajstić information content (AvgIpc) is 2.79. The number of anilines is 1. The van der Waals surface area contributed by atoms with Crippen molar-refractivity contribution in [2.45, 2.75) is 40.5 Å². The molecule has 0 saturated heterocycles. The van der Waals surface area contributed by atoms with Crippen molar-refractivity contribution in [2.24, 2.45) is 5.92 Å². The highest BCUT2D eigenvalue weighted by Gasteiger charge is 2.16. The van der Waals surface area contributed by atoms with Crippen molar-refractivity contribution in [1.82, 2.24) is 9.78 Å². The van der Waals surface area contributed by atoms with E-state index in [-0.39, 0.29) is 12.5 Å². The van der Waals surface area contributed by atoms with Crippen LogP contribution in [0.25, 0.3) is 0 Å². The van der Waals surface area contributed by atoms with Crippen molar-refractivity contribution in [2.75, 3.05) is 11.9 Å². The van der Waals surface area contributed by atoms with E-state index in [2.05, 4.69) is 24.3 Å². The van der Waals surface area contributed by atoms with E-state index in [1.807, 2.05) is 32.0 Å². The lowest BCUT2D eigenvalue weighted by Crippen LogP contribution is -2.23. The van der Waals surface area contributed by atoms with Crippen LogP contribution in [0.3, 0.4) is 0 Å². The minimum absolute atomic E-state index is 0.0821. The number of hydrogen-bond donors (Lipinski definition) is 1. The quantitative estimate of drug-likeness (QED) is 0.847. The maximum absolute atomic E-state index is 12.4. The Bertz CT molecular complexity index is 692. The van der Waals surface area contributed by atoms with Crippen LogP contribution in [0.4, 0.5) is 5.69 Å². The van der Waals surface area contributed by atoms with E-state index >= 15 is 0 Å². The molecule has 0 amide bonds. The summed E-state index contributed by atoms with van der Waals surface area (Å²) in [5.41, 5.74) is 3.82. The minimum atomic E-state index is -0.0821. The highest BCUT2D eigenvalue weighted by molar-refractivity contribution is 6.33. The number of para-hydroxylation sites is 1. The Morgan fingerprint density at radius 1 is 1.30 bits per heavy atom. The van der Waals surface area contributed by atoms with Gasteiger partial charge < -0.3 is 5.32 Å². The number of benzene rings is 1. The second-order valence-corrected chi connectivity index (χ2v) is 6.63. The average molecular weight is 334 g/mol. The van der Waals surface area contributed by atoms with Gasteiger partial charge in [-0.05, 0) is 50.3 Å². The summed E-state index contributed by atoms with van der Waals surface area (Å²) >= 11 is 6.09. The first kappa shape index (κ1) is 17.5. The number of nitrogens with one attached hydrogen (secondary N) is 1. The van der Waals surface area contributed by atoms with Gasteiger partial charge in [0.25, 0.3) is 5.91 Å². The molecule has 0 saturated carbocycles. The molecule has 23 heavy (non-hydrogen) atoms. The lowest BCUT2D eigenvalue weighted by atomic mass is 10.0. The Hall–Kier alpha value is -1.81. The largest absolute Gasteiger partial charge is 0.375 e. The summed E-state index contributed by atoms with van der Waals surface area (Å²) in [5, 5.41) is 8.09. The smallest absolute Gasteiger partial charge is 0.266 e. The number of nitrogens with zero attached hydrogens (tertiary/aromatic N) is 2. The number of aryl methyl sites for hydroxylation is 1. The third kappa shape index (κ3) is 4.35. The number of hydrogen-bond acceptors (Lipinski definition) is 3. The van der Waals surface area contributed by atoms with E-state index in [4.69, 9.17) is 11.6 Å². The highest BCUT2D eigenvalue weighted by atomic mass is 35.5. The van der Waals surface area contributed by atoms with Crippen LogP contribution in [-0.4, -0.2) is 22.2 Å². The van der Waals surface area contributed by atoms with Crippen LogP contribution in [0, 0.1) is 19.8 Å². The number of halogens is 1. The third-order valence-corrected chi connectivity index (χ3v) is 4.28. The molecule has 4 nitrogen and oxygen atoms in total. The topological polar surface area (TPSA) is 46.9 Å². The van der Waals surface area contributed by atoms with E-state index in [1.54, 1.807) is 6.07 Å². The van der Waals surface area contributed by atoms with Gasteiger partial charge in [-0.15, -0.1) is 0 Å². The number of rotatable bonds is 6. The summed E-state index contributed by atoms with van der Waals surface area (Å²) < 4.78 is 1.51. The fraction of sp³-hybridized carbons (Fsp3) is 0.444. The second-order valence-electron chi connectivity index (χ2n) is 6.22. The molecule has 1 aromatic carbocycles. The molecule has 2 aromatic rings. The van der Waals surface area contributed by atoms with Gasteiger partial charge in [-0.3, -0.25) is 4.79 Å². The highest BCUT2D eigenvalue weighted by Crippen LogP contribution is 2.21. The van der Waals surface area contributed by atoms with Crippen molar-refractivity contribution >= 4 is 23.2 Å². The van der Waals surface area contributed by atoms with Crippen molar-refractivity contribution in [1.29, 1.82) is 0 Å². The molecule has 0 fully saturated rings. The van der Waals surface area contributed by atoms with Crippen LogP contribution in [0.1, 0.15) is 42.0 Å². The van der Waals surface area contributed by atoms with E-state index < -0.39 is 0 Å². The Balaban J connectivity index is 2.08. The van der Waals surface area contributed by atoms with E-state index in [9.17, 15) is 4.79 Å². The van der Waals surface area contributed by atoms with Crippen LogP contribution in [0.2, 0.25) is 5.02 Å². The fourth-order valence-corrected chi connectivity index (χ4v) is 2.77. The van der Waals surface area contributed by atoms with Crippen LogP contribution in [0.15, 0.2) is 24.3 Å². The summed E-state index contributed by atoms with van der Waals surface area (Å²) in [6.45, 7) is 8.49. The number of aromatic nitrogens is 2. The van der Waals surface area contributed by atoms with Crippen molar-refractivity contribution in [3.8, 4) is 0 Å². The normalized spacial score (nSPS) is 11.0. The Labute approximate surface area is 142 Å². The summed E-state index contributed by atoms with van der Waals surface area (Å²) in [6.07, 6.45) is 2.06. The van der Waals surface area contributed by atoms with Gasteiger partial charge in [0, 0.05) is 5.69 Å². The Morgan fingerprint density at radius 3 is 2.65 bits per heavy atom. The van der Waals surface area contributed by atoms with E-state index in [0.29, 0.717) is 10.9 Å². The Kier molecular flexibility index (Phi) is 5.83. The van der Waals surface area contributed by atoms with Crippen LogP contribution in [0.5, 0.6) is 0 Å². The molecule has 124 valence electrons. The molecule has 0 bridgehead atoms. The molecule has 2 rings (SSSR count). The number of carbonyl (C=O) groups excluding carboxylic acids is 1. The zero-order valence-electron chi connectivity index (χ0n) is 14.2. The van der Waals surface area contributed by atoms with Crippen molar-refractivity contribution < 1.29 is 4.79 Å². The molecule has 0 aliphatic rings. The molecule has 0 radical (unpaired) electrons. The van der Waals surface area contributed by atoms with Gasteiger partial charge in [0.05, 0.1) is 22.9 Å². The van der Waals surface area contributed by atoms with Crippen LogP contribution >= 0.6 is 11.6 Å². The first-order valence-electron chi connectivity index (χ1n) is 7.96. The zero-order valence-corrected chi connectivity index (χ0v) is 14.9. The van der Waals surface area contributed by atoms with Crippen LogP contribution < -0.4 is 5.32 Å². The fourth-order valence-electron chi connectivity index (χ4n) is 2.56. The summed E-state index contributed by atoms with van der Waals surface area (Å²) in [6, 6.07) is 7.38. The molecule has 0 aliphatic heterocycles. The SMILES string of the molecule is Cc1nn(C(=O)CNc2ccccc2Cl)c(C)c1CCC(C)C. The molecular weight excluding hydrogens is 310 g/mol. The second kappa shape index (κ2) is 7.64. The first-order chi connectivity index (χ1) is 10.9. The maximum atomic E-state index is 12.4. The molecule has 0 atom stereocenters. The lowest BCUT2D eigenvalue weighted by Gasteiger charge is -2.09. The zero-order chi connectivity index (χ0) is 17.0. The summed E-state index contributed by atoms with van der Waals surface area (Å²) in [5.74, 6) is 0.552. The molecule has 1 aromatic heterocycles. The molecular formula is C18H24ClN3O. The maximum Gasteiger partial charge on any atom is 0.266 e. The number of carbonyl (C=O) groups is 1. The molecule has 1 heterocycles. The van der Waals surface area contributed by atoms with Crippen molar-refractivity contribution in [3.63, 3.8) is 0 Å². The molecule has 0 unspecified atom stereocenters. The summed E-state index contributed by atoms with van der Waals surface area (Å²) in [7, 11) is 0. The van der Waals surface area contributed by atoms with Gasteiger partial charge in [0.1, 0.15) is 0 Å².